The number of anilines is 2. The first-order valence-corrected chi connectivity index (χ1v) is 7.67. The molecule has 6 heteroatoms. The molecule has 0 saturated carbocycles. The SMILES string of the molecule is Nc1c(C(=O)Nc2cccc(Cl)c2)sc2cccc(Cl)c12. The number of amides is 1. The fraction of sp³-hybridized carbons (Fsp3) is 0. The first kappa shape index (κ1) is 14.2. The summed E-state index contributed by atoms with van der Waals surface area (Å²) in [4.78, 5) is 12.8. The van der Waals surface area contributed by atoms with Crippen molar-refractivity contribution in [1.82, 2.24) is 0 Å². The minimum Gasteiger partial charge on any atom is -0.397 e. The van der Waals surface area contributed by atoms with Crippen LogP contribution in [0.15, 0.2) is 42.5 Å². The standard InChI is InChI=1S/C15H10Cl2N2OS/c16-8-3-1-4-9(7-8)19-15(20)14-13(18)12-10(17)5-2-6-11(12)21-14/h1-7H,18H2,(H,19,20). The van der Waals surface area contributed by atoms with Gasteiger partial charge in [0, 0.05) is 20.8 Å². The van der Waals surface area contributed by atoms with Gasteiger partial charge in [0.15, 0.2) is 0 Å². The molecule has 3 nitrogen and oxygen atoms in total. The van der Waals surface area contributed by atoms with E-state index in [0.717, 1.165) is 10.1 Å². The van der Waals surface area contributed by atoms with Gasteiger partial charge in [0.2, 0.25) is 0 Å². The van der Waals surface area contributed by atoms with E-state index >= 15 is 0 Å². The van der Waals surface area contributed by atoms with E-state index in [0.29, 0.717) is 26.3 Å². The van der Waals surface area contributed by atoms with E-state index in [2.05, 4.69) is 5.32 Å². The number of halogens is 2. The number of benzene rings is 2. The maximum absolute atomic E-state index is 12.4. The van der Waals surface area contributed by atoms with Crippen molar-refractivity contribution in [3.63, 3.8) is 0 Å². The van der Waals surface area contributed by atoms with Crippen LogP contribution < -0.4 is 11.1 Å². The molecule has 0 fully saturated rings. The number of nitrogens with one attached hydrogen (secondary N) is 1. The lowest BCUT2D eigenvalue weighted by molar-refractivity contribution is 0.103. The van der Waals surface area contributed by atoms with E-state index in [9.17, 15) is 4.79 Å². The van der Waals surface area contributed by atoms with E-state index in [4.69, 9.17) is 28.9 Å². The summed E-state index contributed by atoms with van der Waals surface area (Å²) in [7, 11) is 0. The molecule has 0 aliphatic carbocycles. The van der Waals surface area contributed by atoms with Gasteiger partial charge in [-0.25, -0.2) is 0 Å². The molecular weight excluding hydrogens is 327 g/mol. The zero-order chi connectivity index (χ0) is 15.0. The summed E-state index contributed by atoms with van der Waals surface area (Å²) in [5.74, 6) is -0.271. The van der Waals surface area contributed by atoms with Crippen molar-refractivity contribution in [2.24, 2.45) is 0 Å². The molecule has 2 aromatic carbocycles. The van der Waals surface area contributed by atoms with Crippen LogP contribution in [-0.2, 0) is 0 Å². The summed E-state index contributed by atoms with van der Waals surface area (Å²) in [6, 6.07) is 12.4. The topological polar surface area (TPSA) is 55.1 Å². The first-order chi connectivity index (χ1) is 10.1. The van der Waals surface area contributed by atoms with Crippen LogP contribution in [0.4, 0.5) is 11.4 Å². The molecule has 0 aliphatic heterocycles. The summed E-state index contributed by atoms with van der Waals surface area (Å²) in [6.45, 7) is 0. The van der Waals surface area contributed by atoms with Crippen molar-refractivity contribution in [2.45, 2.75) is 0 Å². The predicted molar refractivity (Wildman–Crippen MR) is 90.7 cm³/mol. The minimum absolute atomic E-state index is 0.271. The van der Waals surface area contributed by atoms with Gasteiger partial charge in [-0.15, -0.1) is 11.3 Å². The molecule has 3 N–H and O–H groups in total. The number of hydrogen-bond acceptors (Lipinski definition) is 3. The second-order valence-corrected chi connectivity index (χ2v) is 6.32. The Hall–Kier alpha value is -1.75. The van der Waals surface area contributed by atoms with Crippen molar-refractivity contribution in [2.75, 3.05) is 11.1 Å². The quantitative estimate of drug-likeness (QED) is 0.688. The number of carbonyl (C=O) groups is 1. The number of thiophene rings is 1. The Balaban J connectivity index is 1.99. The lowest BCUT2D eigenvalue weighted by Gasteiger charge is -2.04. The normalized spacial score (nSPS) is 10.8. The number of nitrogen functional groups attached to an aromatic ring is 1. The Kier molecular flexibility index (Phi) is 3.76. The average Bonchev–Trinajstić information content (AvgIpc) is 2.77. The van der Waals surface area contributed by atoms with Gasteiger partial charge in [-0.2, -0.15) is 0 Å². The van der Waals surface area contributed by atoms with E-state index in [1.54, 1.807) is 30.3 Å². The summed E-state index contributed by atoms with van der Waals surface area (Å²) >= 11 is 13.4. The minimum atomic E-state index is -0.271. The van der Waals surface area contributed by atoms with Crippen molar-refractivity contribution >= 4 is 61.9 Å². The third-order valence-corrected chi connectivity index (χ3v) is 4.71. The molecular formula is C15H10Cl2N2OS. The molecule has 21 heavy (non-hydrogen) atoms. The zero-order valence-electron chi connectivity index (χ0n) is 10.7. The van der Waals surface area contributed by atoms with Crippen LogP contribution in [-0.4, -0.2) is 5.91 Å². The molecule has 0 saturated heterocycles. The Bertz CT molecular complexity index is 845. The van der Waals surface area contributed by atoms with Gasteiger partial charge < -0.3 is 11.1 Å². The van der Waals surface area contributed by atoms with E-state index in [1.165, 1.54) is 11.3 Å². The molecule has 106 valence electrons. The van der Waals surface area contributed by atoms with Gasteiger partial charge in [-0.3, -0.25) is 4.79 Å². The van der Waals surface area contributed by atoms with Crippen LogP contribution in [0.5, 0.6) is 0 Å². The molecule has 1 aromatic heterocycles. The first-order valence-electron chi connectivity index (χ1n) is 6.09. The van der Waals surface area contributed by atoms with Crippen molar-refractivity contribution in [3.8, 4) is 0 Å². The number of rotatable bonds is 2. The Labute approximate surface area is 135 Å². The third kappa shape index (κ3) is 2.70. The molecule has 0 bridgehead atoms. The number of hydrogen-bond donors (Lipinski definition) is 2. The fourth-order valence-electron chi connectivity index (χ4n) is 2.05. The van der Waals surface area contributed by atoms with E-state index in [-0.39, 0.29) is 5.91 Å². The van der Waals surface area contributed by atoms with Crippen LogP contribution in [0.1, 0.15) is 9.67 Å². The van der Waals surface area contributed by atoms with Crippen molar-refractivity contribution in [3.05, 3.63) is 57.4 Å². The Morgan fingerprint density at radius 3 is 2.62 bits per heavy atom. The zero-order valence-corrected chi connectivity index (χ0v) is 13.0. The average molecular weight is 337 g/mol. The summed E-state index contributed by atoms with van der Waals surface area (Å²) in [5, 5.41) is 4.61. The highest BCUT2D eigenvalue weighted by atomic mass is 35.5. The second-order valence-electron chi connectivity index (χ2n) is 4.42. The Morgan fingerprint density at radius 1 is 1.14 bits per heavy atom. The maximum Gasteiger partial charge on any atom is 0.267 e. The van der Waals surface area contributed by atoms with E-state index in [1.807, 2.05) is 12.1 Å². The highest BCUT2D eigenvalue weighted by Crippen LogP contribution is 2.38. The van der Waals surface area contributed by atoms with Crippen LogP contribution in [0, 0.1) is 0 Å². The summed E-state index contributed by atoms with van der Waals surface area (Å²) in [6.07, 6.45) is 0. The largest absolute Gasteiger partial charge is 0.397 e. The molecule has 1 heterocycles. The number of carbonyl (C=O) groups excluding carboxylic acids is 1. The highest BCUT2D eigenvalue weighted by Gasteiger charge is 2.18. The molecule has 3 rings (SSSR count). The van der Waals surface area contributed by atoms with Gasteiger partial charge in [0.1, 0.15) is 4.88 Å². The van der Waals surface area contributed by atoms with Crippen LogP contribution in [0.3, 0.4) is 0 Å². The second kappa shape index (κ2) is 5.56. The van der Waals surface area contributed by atoms with Gasteiger partial charge in [0.25, 0.3) is 5.91 Å². The lowest BCUT2D eigenvalue weighted by atomic mass is 10.2. The lowest BCUT2D eigenvalue weighted by Crippen LogP contribution is -2.11. The van der Waals surface area contributed by atoms with Crippen molar-refractivity contribution in [1.29, 1.82) is 0 Å². The molecule has 3 aromatic rings. The fourth-order valence-corrected chi connectivity index (χ4v) is 3.62. The smallest absolute Gasteiger partial charge is 0.267 e. The van der Waals surface area contributed by atoms with Gasteiger partial charge >= 0.3 is 0 Å². The van der Waals surface area contributed by atoms with Gasteiger partial charge in [0.05, 0.1) is 10.7 Å². The van der Waals surface area contributed by atoms with Crippen LogP contribution >= 0.6 is 34.5 Å². The summed E-state index contributed by atoms with van der Waals surface area (Å²) < 4.78 is 0.885. The maximum atomic E-state index is 12.4. The monoisotopic (exact) mass is 336 g/mol. The predicted octanol–water partition coefficient (Wildman–Crippen LogP) is 5.04. The van der Waals surface area contributed by atoms with E-state index < -0.39 is 0 Å². The molecule has 0 atom stereocenters. The van der Waals surface area contributed by atoms with Crippen LogP contribution in [0.25, 0.3) is 10.1 Å². The molecule has 0 spiro atoms. The van der Waals surface area contributed by atoms with Gasteiger partial charge in [-0.05, 0) is 30.3 Å². The molecule has 0 radical (unpaired) electrons. The number of nitrogens with two attached hydrogens (primary N) is 1. The highest BCUT2D eigenvalue weighted by molar-refractivity contribution is 7.21. The third-order valence-electron chi connectivity index (χ3n) is 2.99. The summed E-state index contributed by atoms with van der Waals surface area (Å²) in [5.41, 5.74) is 7.09. The molecule has 0 unspecified atom stereocenters. The van der Waals surface area contributed by atoms with Crippen LogP contribution in [0.2, 0.25) is 10.0 Å². The molecule has 0 aliphatic rings. The van der Waals surface area contributed by atoms with Crippen molar-refractivity contribution < 1.29 is 4.79 Å². The van der Waals surface area contributed by atoms with Gasteiger partial charge in [-0.1, -0.05) is 35.3 Å². The number of fused-ring (bicyclic) bond motifs is 1. The molecule has 1 amide bonds. The Morgan fingerprint density at radius 2 is 1.90 bits per heavy atom.